The van der Waals surface area contributed by atoms with E-state index in [0.29, 0.717) is 12.2 Å². The third-order valence-electron chi connectivity index (χ3n) is 3.09. The van der Waals surface area contributed by atoms with Crippen molar-refractivity contribution in [3.63, 3.8) is 0 Å². The van der Waals surface area contributed by atoms with Crippen LogP contribution >= 0.6 is 0 Å². The van der Waals surface area contributed by atoms with Crippen LogP contribution in [0.3, 0.4) is 0 Å². The number of carbonyl (C=O) groups is 1. The highest BCUT2D eigenvalue weighted by atomic mass is 32.2. The first-order valence-corrected chi connectivity index (χ1v) is 8.07. The first-order chi connectivity index (χ1) is 9.95. The molecule has 0 saturated carbocycles. The van der Waals surface area contributed by atoms with Gasteiger partial charge in [-0.25, -0.2) is 8.42 Å². The number of hydrogen-bond donors (Lipinski definition) is 2. The molecular weight excluding hydrogens is 298 g/mol. The van der Waals surface area contributed by atoms with Crippen molar-refractivity contribution in [3.8, 4) is 11.5 Å². The Morgan fingerprint density at radius 3 is 2.86 bits per heavy atom. The van der Waals surface area contributed by atoms with Crippen molar-refractivity contribution >= 4 is 16.0 Å². The molecule has 8 heteroatoms. The minimum atomic E-state index is -4.00. The fraction of sp³-hybridized carbons (Fsp3) is 0.462. The fourth-order valence-electron chi connectivity index (χ4n) is 2.01. The van der Waals surface area contributed by atoms with Crippen molar-refractivity contribution in [2.75, 3.05) is 6.79 Å². The SMILES string of the molecule is CCCC[C@H](NS(=O)(=O)c1cccc2c1OCO2)C(=O)O. The number of nitrogens with one attached hydrogen (secondary N) is 1. The second-order valence-electron chi connectivity index (χ2n) is 4.64. The standard InChI is InChI=1S/C13H17NO6S/c1-2-3-5-9(13(15)16)14-21(17,18)11-7-4-6-10-12(11)20-8-19-10/h4,6-7,9,14H,2-3,5,8H2,1H3,(H,15,16)/t9-/m0/s1. The largest absolute Gasteiger partial charge is 0.480 e. The maximum atomic E-state index is 12.4. The summed E-state index contributed by atoms with van der Waals surface area (Å²) >= 11 is 0. The van der Waals surface area contributed by atoms with Gasteiger partial charge >= 0.3 is 5.97 Å². The third-order valence-corrected chi connectivity index (χ3v) is 4.59. The van der Waals surface area contributed by atoms with Gasteiger partial charge in [0.1, 0.15) is 10.9 Å². The summed E-state index contributed by atoms with van der Waals surface area (Å²) < 4.78 is 37.2. The van der Waals surface area contributed by atoms with Crippen molar-refractivity contribution < 1.29 is 27.8 Å². The lowest BCUT2D eigenvalue weighted by Crippen LogP contribution is -2.40. The summed E-state index contributed by atoms with van der Waals surface area (Å²) in [5, 5.41) is 9.12. The molecule has 2 N–H and O–H groups in total. The van der Waals surface area contributed by atoms with E-state index in [4.69, 9.17) is 14.6 Å². The first kappa shape index (κ1) is 15.6. The normalized spacial score (nSPS) is 14.9. The number of aliphatic carboxylic acids is 1. The Labute approximate surface area is 122 Å². The Balaban J connectivity index is 2.26. The second kappa shape index (κ2) is 6.31. The molecule has 2 rings (SSSR count). The number of para-hydroxylation sites is 1. The van der Waals surface area contributed by atoms with Gasteiger partial charge in [-0.05, 0) is 18.6 Å². The van der Waals surface area contributed by atoms with Crippen LogP contribution < -0.4 is 14.2 Å². The fourth-order valence-corrected chi connectivity index (χ4v) is 3.39. The molecule has 1 aromatic carbocycles. The van der Waals surface area contributed by atoms with Crippen LogP contribution in [0.5, 0.6) is 11.5 Å². The van der Waals surface area contributed by atoms with Gasteiger partial charge in [-0.3, -0.25) is 4.79 Å². The Kier molecular flexibility index (Phi) is 4.69. The number of rotatable bonds is 7. The van der Waals surface area contributed by atoms with E-state index >= 15 is 0 Å². The molecule has 1 atom stereocenters. The van der Waals surface area contributed by atoms with Crippen molar-refractivity contribution in [1.29, 1.82) is 0 Å². The van der Waals surface area contributed by atoms with Crippen molar-refractivity contribution in [3.05, 3.63) is 18.2 Å². The van der Waals surface area contributed by atoms with Crippen LogP contribution in [0, 0.1) is 0 Å². The number of fused-ring (bicyclic) bond motifs is 1. The van der Waals surface area contributed by atoms with Gasteiger partial charge < -0.3 is 14.6 Å². The van der Waals surface area contributed by atoms with Gasteiger partial charge in [0.25, 0.3) is 0 Å². The van der Waals surface area contributed by atoms with Gasteiger partial charge in [0.2, 0.25) is 16.8 Å². The average Bonchev–Trinajstić information content (AvgIpc) is 2.91. The molecule has 0 spiro atoms. The summed E-state index contributed by atoms with van der Waals surface area (Å²) in [6.07, 6.45) is 1.63. The summed E-state index contributed by atoms with van der Waals surface area (Å²) in [5.74, 6) is -0.750. The smallest absolute Gasteiger partial charge is 0.321 e. The number of carboxylic acids is 1. The molecule has 116 valence electrons. The van der Waals surface area contributed by atoms with Gasteiger partial charge in [-0.2, -0.15) is 4.72 Å². The predicted octanol–water partition coefficient (Wildman–Crippen LogP) is 1.34. The first-order valence-electron chi connectivity index (χ1n) is 6.59. The van der Waals surface area contributed by atoms with E-state index in [2.05, 4.69) is 4.72 Å². The van der Waals surface area contributed by atoms with Crippen LogP contribution in [0.1, 0.15) is 26.2 Å². The zero-order chi connectivity index (χ0) is 15.5. The van der Waals surface area contributed by atoms with Crippen LogP contribution in [0.2, 0.25) is 0 Å². The maximum Gasteiger partial charge on any atom is 0.321 e. The molecule has 0 amide bonds. The van der Waals surface area contributed by atoms with Gasteiger partial charge in [0, 0.05) is 0 Å². The van der Waals surface area contributed by atoms with E-state index in [9.17, 15) is 13.2 Å². The van der Waals surface area contributed by atoms with Crippen LogP contribution in [-0.4, -0.2) is 32.3 Å². The lowest BCUT2D eigenvalue weighted by molar-refractivity contribution is -0.139. The highest BCUT2D eigenvalue weighted by Crippen LogP contribution is 2.37. The Hall–Kier alpha value is -1.80. The third kappa shape index (κ3) is 3.45. The van der Waals surface area contributed by atoms with E-state index in [0.717, 1.165) is 6.42 Å². The molecule has 21 heavy (non-hydrogen) atoms. The lowest BCUT2D eigenvalue weighted by atomic mass is 10.1. The van der Waals surface area contributed by atoms with E-state index in [1.54, 1.807) is 6.07 Å². The van der Waals surface area contributed by atoms with Crippen molar-refractivity contribution in [2.45, 2.75) is 37.1 Å². The average molecular weight is 315 g/mol. The van der Waals surface area contributed by atoms with Crippen molar-refractivity contribution in [1.82, 2.24) is 4.72 Å². The molecule has 7 nitrogen and oxygen atoms in total. The molecule has 0 aromatic heterocycles. The summed E-state index contributed by atoms with van der Waals surface area (Å²) in [7, 11) is -4.00. The van der Waals surface area contributed by atoms with Crippen LogP contribution in [0.15, 0.2) is 23.1 Å². The van der Waals surface area contributed by atoms with Crippen LogP contribution in [0.25, 0.3) is 0 Å². The van der Waals surface area contributed by atoms with Gasteiger partial charge in [0.05, 0.1) is 0 Å². The minimum Gasteiger partial charge on any atom is -0.480 e. The number of benzene rings is 1. The van der Waals surface area contributed by atoms with E-state index in [-0.39, 0.29) is 23.9 Å². The Bertz CT molecular complexity index is 628. The van der Waals surface area contributed by atoms with Gasteiger partial charge in [-0.1, -0.05) is 25.8 Å². The molecule has 0 aliphatic carbocycles. The summed E-state index contributed by atoms with van der Waals surface area (Å²) in [5.41, 5.74) is 0. The summed E-state index contributed by atoms with van der Waals surface area (Å²) in [6, 6.07) is 3.30. The highest BCUT2D eigenvalue weighted by Gasteiger charge is 2.30. The zero-order valence-corrected chi connectivity index (χ0v) is 12.4. The van der Waals surface area contributed by atoms with Crippen molar-refractivity contribution in [2.24, 2.45) is 0 Å². The summed E-state index contributed by atoms with van der Waals surface area (Å²) in [4.78, 5) is 11.1. The van der Waals surface area contributed by atoms with E-state index in [1.165, 1.54) is 12.1 Å². The number of unbranched alkanes of at least 4 members (excludes halogenated alkanes) is 1. The predicted molar refractivity (Wildman–Crippen MR) is 73.8 cm³/mol. The molecule has 0 fully saturated rings. The van der Waals surface area contributed by atoms with Gasteiger partial charge in [-0.15, -0.1) is 0 Å². The van der Waals surface area contributed by atoms with E-state index in [1.807, 2.05) is 6.92 Å². The number of hydrogen-bond acceptors (Lipinski definition) is 5. The topological polar surface area (TPSA) is 102 Å². The summed E-state index contributed by atoms with van der Waals surface area (Å²) in [6.45, 7) is 1.85. The van der Waals surface area contributed by atoms with Crippen LogP contribution in [-0.2, 0) is 14.8 Å². The Morgan fingerprint density at radius 1 is 1.43 bits per heavy atom. The minimum absolute atomic E-state index is 0.0555. The lowest BCUT2D eigenvalue weighted by Gasteiger charge is -2.15. The number of carboxylic acid groups (broad SMARTS) is 1. The van der Waals surface area contributed by atoms with Gasteiger partial charge in [0.15, 0.2) is 11.5 Å². The molecule has 1 aliphatic rings. The molecular formula is C13H17NO6S. The molecule has 1 heterocycles. The zero-order valence-electron chi connectivity index (χ0n) is 11.5. The molecule has 0 saturated heterocycles. The monoisotopic (exact) mass is 315 g/mol. The maximum absolute atomic E-state index is 12.4. The quantitative estimate of drug-likeness (QED) is 0.787. The Morgan fingerprint density at radius 2 is 2.19 bits per heavy atom. The molecule has 0 radical (unpaired) electrons. The highest BCUT2D eigenvalue weighted by molar-refractivity contribution is 7.89. The molecule has 0 unspecified atom stereocenters. The number of sulfonamides is 1. The second-order valence-corrected chi connectivity index (χ2v) is 6.33. The molecule has 1 aliphatic heterocycles. The molecule has 0 bridgehead atoms. The molecule has 1 aromatic rings. The van der Waals surface area contributed by atoms with E-state index < -0.39 is 22.0 Å². The number of ether oxygens (including phenoxy) is 2. The van der Waals surface area contributed by atoms with Crippen LogP contribution in [0.4, 0.5) is 0 Å².